The molecule has 0 bridgehead atoms. The first-order valence-electron chi connectivity index (χ1n) is 8.77. The van der Waals surface area contributed by atoms with E-state index in [1.807, 2.05) is 38.1 Å². The quantitative estimate of drug-likeness (QED) is 0.751. The van der Waals surface area contributed by atoms with Crippen molar-refractivity contribution in [1.82, 2.24) is 0 Å². The van der Waals surface area contributed by atoms with Crippen molar-refractivity contribution in [2.24, 2.45) is 5.92 Å². The molecule has 6 heteroatoms. The smallest absolute Gasteiger partial charge is 0.338 e. The summed E-state index contributed by atoms with van der Waals surface area (Å²) in [5, 5.41) is 0. The molecule has 2 aromatic rings. The first-order valence-corrected chi connectivity index (χ1v) is 10.2. The Hall–Kier alpha value is -2.34. The molecule has 0 aliphatic carbocycles. The van der Waals surface area contributed by atoms with Gasteiger partial charge in [-0.3, -0.25) is 4.31 Å². The minimum absolute atomic E-state index is 0.176. The molecule has 2 aromatic carbocycles. The van der Waals surface area contributed by atoms with Crippen molar-refractivity contribution >= 4 is 21.7 Å². The van der Waals surface area contributed by atoms with E-state index in [1.54, 1.807) is 0 Å². The highest BCUT2D eigenvalue weighted by Crippen LogP contribution is 2.31. The predicted octanol–water partition coefficient (Wildman–Crippen LogP) is 3.64. The van der Waals surface area contributed by atoms with E-state index < -0.39 is 16.0 Å². The van der Waals surface area contributed by atoms with Crippen molar-refractivity contribution in [3.8, 4) is 0 Å². The van der Waals surface area contributed by atoms with E-state index in [1.165, 1.54) is 28.6 Å². The van der Waals surface area contributed by atoms with E-state index in [4.69, 9.17) is 4.74 Å². The van der Waals surface area contributed by atoms with Crippen LogP contribution in [-0.2, 0) is 21.2 Å². The fraction of sp³-hybridized carbons (Fsp3) is 0.350. The summed E-state index contributed by atoms with van der Waals surface area (Å²) in [6.07, 6.45) is 1.67. The third kappa shape index (κ3) is 3.75. The molecule has 1 heterocycles. The van der Waals surface area contributed by atoms with Gasteiger partial charge in [-0.25, -0.2) is 13.2 Å². The van der Waals surface area contributed by atoms with Crippen LogP contribution in [0.3, 0.4) is 0 Å². The summed E-state index contributed by atoms with van der Waals surface area (Å²) in [4.78, 5) is 12.2. The molecule has 3 rings (SSSR count). The summed E-state index contributed by atoms with van der Waals surface area (Å²) < 4.78 is 32.7. The van der Waals surface area contributed by atoms with Crippen LogP contribution >= 0.6 is 0 Å². The van der Waals surface area contributed by atoms with Gasteiger partial charge in [0.15, 0.2) is 0 Å². The number of anilines is 1. The fourth-order valence-corrected chi connectivity index (χ4v) is 4.51. The number of carbonyl (C=O) groups is 1. The monoisotopic (exact) mass is 373 g/mol. The Bertz CT molecular complexity index is 888. The Kier molecular flexibility index (Phi) is 5.32. The van der Waals surface area contributed by atoms with Crippen LogP contribution in [0.1, 0.15) is 36.2 Å². The van der Waals surface area contributed by atoms with E-state index in [-0.39, 0.29) is 10.8 Å². The maximum atomic E-state index is 13.1. The molecule has 1 aliphatic rings. The van der Waals surface area contributed by atoms with E-state index in [9.17, 15) is 13.2 Å². The Balaban J connectivity index is 1.84. The Labute approximate surface area is 154 Å². The van der Waals surface area contributed by atoms with E-state index in [0.29, 0.717) is 18.7 Å². The molecule has 0 aromatic heterocycles. The molecule has 0 atom stereocenters. The minimum Gasteiger partial charge on any atom is -0.462 e. The standard InChI is InChI=1S/C20H23NO4S/c1-15(2)14-25-20(22)17-9-11-18(12-10-17)26(23,24)21-13-5-7-16-6-3-4-8-19(16)21/h3-4,6,8-12,15H,5,7,13-14H2,1-2H3. The number of rotatable bonds is 5. The highest BCUT2D eigenvalue weighted by atomic mass is 32.2. The number of hydrogen-bond acceptors (Lipinski definition) is 4. The molecular formula is C20H23NO4S. The lowest BCUT2D eigenvalue weighted by Crippen LogP contribution is -2.35. The van der Waals surface area contributed by atoms with Crippen molar-refractivity contribution in [3.05, 3.63) is 59.7 Å². The maximum absolute atomic E-state index is 13.1. The number of para-hydroxylation sites is 1. The van der Waals surface area contributed by atoms with Crippen LogP contribution in [0.15, 0.2) is 53.4 Å². The first-order chi connectivity index (χ1) is 12.4. The van der Waals surface area contributed by atoms with Gasteiger partial charge < -0.3 is 4.74 Å². The molecular weight excluding hydrogens is 350 g/mol. The summed E-state index contributed by atoms with van der Waals surface area (Å²) in [6, 6.07) is 13.5. The van der Waals surface area contributed by atoms with E-state index >= 15 is 0 Å². The Morgan fingerprint density at radius 3 is 2.50 bits per heavy atom. The van der Waals surface area contributed by atoms with Gasteiger partial charge in [0.05, 0.1) is 22.8 Å². The molecule has 138 valence electrons. The second-order valence-electron chi connectivity index (χ2n) is 6.83. The number of fused-ring (bicyclic) bond motifs is 1. The summed E-state index contributed by atoms with van der Waals surface area (Å²) in [6.45, 7) is 4.71. The molecule has 1 aliphatic heterocycles. The number of ether oxygens (including phenoxy) is 1. The van der Waals surface area contributed by atoms with Gasteiger partial charge in [-0.05, 0) is 54.7 Å². The molecule has 0 radical (unpaired) electrons. The van der Waals surface area contributed by atoms with E-state index in [0.717, 1.165) is 24.1 Å². The fourth-order valence-electron chi connectivity index (χ4n) is 2.96. The first kappa shape index (κ1) is 18.5. The van der Waals surface area contributed by atoms with Gasteiger partial charge in [0.2, 0.25) is 0 Å². The highest BCUT2D eigenvalue weighted by Gasteiger charge is 2.29. The zero-order valence-corrected chi connectivity index (χ0v) is 15.8. The lowest BCUT2D eigenvalue weighted by Gasteiger charge is -2.30. The third-order valence-electron chi connectivity index (χ3n) is 4.29. The van der Waals surface area contributed by atoms with Gasteiger partial charge in [0.25, 0.3) is 10.0 Å². The molecule has 0 saturated heterocycles. The van der Waals surface area contributed by atoms with Gasteiger partial charge in [-0.1, -0.05) is 32.0 Å². The van der Waals surface area contributed by atoms with Crippen molar-refractivity contribution in [3.63, 3.8) is 0 Å². The van der Waals surface area contributed by atoms with Crippen LogP contribution in [0, 0.1) is 5.92 Å². The normalized spacial score (nSPS) is 14.2. The van der Waals surface area contributed by atoms with Crippen LogP contribution < -0.4 is 4.31 Å². The Morgan fingerprint density at radius 2 is 1.81 bits per heavy atom. The number of carbonyl (C=O) groups excluding carboxylic acids is 1. The van der Waals surface area contributed by atoms with Crippen LogP contribution in [0.2, 0.25) is 0 Å². The second-order valence-corrected chi connectivity index (χ2v) is 8.69. The molecule has 26 heavy (non-hydrogen) atoms. The lowest BCUT2D eigenvalue weighted by molar-refractivity contribution is 0.0459. The second kappa shape index (κ2) is 7.50. The summed E-state index contributed by atoms with van der Waals surface area (Å²) in [5.74, 6) is -0.191. The van der Waals surface area contributed by atoms with Gasteiger partial charge >= 0.3 is 5.97 Å². The number of esters is 1. The van der Waals surface area contributed by atoms with Crippen molar-refractivity contribution in [1.29, 1.82) is 0 Å². The van der Waals surface area contributed by atoms with Gasteiger partial charge in [0.1, 0.15) is 0 Å². The van der Waals surface area contributed by atoms with E-state index in [2.05, 4.69) is 0 Å². The predicted molar refractivity (Wildman–Crippen MR) is 101 cm³/mol. The van der Waals surface area contributed by atoms with Crippen molar-refractivity contribution in [2.45, 2.75) is 31.6 Å². The third-order valence-corrected chi connectivity index (χ3v) is 6.12. The summed E-state index contributed by atoms with van der Waals surface area (Å²) >= 11 is 0. The van der Waals surface area contributed by atoms with Crippen molar-refractivity contribution in [2.75, 3.05) is 17.5 Å². The summed E-state index contributed by atoms with van der Waals surface area (Å²) in [5.41, 5.74) is 2.12. The molecule has 0 unspecified atom stereocenters. The van der Waals surface area contributed by atoms with Crippen LogP contribution in [0.4, 0.5) is 5.69 Å². The zero-order valence-electron chi connectivity index (χ0n) is 15.0. The average Bonchev–Trinajstić information content (AvgIpc) is 2.65. The lowest BCUT2D eigenvalue weighted by atomic mass is 10.0. The SMILES string of the molecule is CC(C)COC(=O)c1ccc(S(=O)(=O)N2CCCc3ccccc32)cc1. The summed E-state index contributed by atoms with van der Waals surface area (Å²) in [7, 11) is -3.66. The molecule has 0 spiro atoms. The molecule has 0 fully saturated rings. The molecule has 5 nitrogen and oxygen atoms in total. The number of nitrogens with zero attached hydrogens (tertiary/aromatic N) is 1. The van der Waals surface area contributed by atoms with Crippen LogP contribution in [-0.4, -0.2) is 27.5 Å². The van der Waals surface area contributed by atoms with Gasteiger partial charge in [-0.15, -0.1) is 0 Å². The van der Waals surface area contributed by atoms with Gasteiger partial charge in [0, 0.05) is 6.54 Å². The van der Waals surface area contributed by atoms with Crippen LogP contribution in [0.5, 0.6) is 0 Å². The minimum atomic E-state index is -3.66. The van der Waals surface area contributed by atoms with Crippen LogP contribution in [0.25, 0.3) is 0 Å². The number of sulfonamides is 1. The van der Waals surface area contributed by atoms with Gasteiger partial charge in [-0.2, -0.15) is 0 Å². The topological polar surface area (TPSA) is 63.7 Å². The maximum Gasteiger partial charge on any atom is 0.338 e. The number of aryl methyl sites for hydroxylation is 1. The largest absolute Gasteiger partial charge is 0.462 e. The molecule has 0 saturated carbocycles. The number of benzene rings is 2. The number of hydrogen-bond donors (Lipinski definition) is 0. The highest BCUT2D eigenvalue weighted by molar-refractivity contribution is 7.92. The van der Waals surface area contributed by atoms with Crippen molar-refractivity contribution < 1.29 is 17.9 Å². The zero-order chi connectivity index (χ0) is 18.7. The average molecular weight is 373 g/mol. The molecule has 0 amide bonds. The Morgan fingerprint density at radius 1 is 1.12 bits per heavy atom. The molecule has 0 N–H and O–H groups in total.